The first kappa shape index (κ1) is 10.9. The Labute approximate surface area is 68.8 Å². The van der Waals surface area contributed by atoms with Crippen LogP contribution in [0, 0.1) is 5.92 Å². The fourth-order valence-corrected chi connectivity index (χ4v) is 1.03. The van der Waals surface area contributed by atoms with E-state index in [1.165, 1.54) is 0 Å². The van der Waals surface area contributed by atoms with Crippen LogP contribution in [0.15, 0.2) is 0 Å². The number of nitrogens with two attached hydrogens (primary N) is 2. The van der Waals surface area contributed by atoms with Crippen molar-refractivity contribution in [1.82, 2.24) is 0 Å². The highest BCUT2D eigenvalue weighted by Crippen LogP contribution is 2.11. The third-order valence-electron chi connectivity index (χ3n) is 2.17. The van der Waals surface area contributed by atoms with Gasteiger partial charge in [0.25, 0.3) is 0 Å². The van der Waals surface area contributed by atoms with Gasteiger partial charge in [-0.05, 0) is 18.9 Å². The molecule has 0 radical (unpaired) electrons. The third-order valence-corrected chi connectivity index (χ3v) is 2.17. The summed E-state index contributed by atoms with van der Waals surface area (Å²) in [5, 5.41) is 9.54. The van der Waals surface area contributed by atoms with Crippen molar-refractivity contribution in [2.24, 2.45) is 17.4 Å². The fraction of sp³-hybridized carbons (Fsp3) is 1.00. The van der Waals surface area contributed by atoms with Crippen molar-refractivity contribution in [1.29, 1.82) is 0 Å². The van der Waals surface area contributed by atoms with Crippen LogP contribution in [-0.4, -0.2) is 23.8 Å². The lowest BCUT2D eigenvalue weighted by molar-refractivity contribution is 0.0858. The maximum atomic E-state index is 9.54. The van der Waals surface area contributed by atoms with Gasteiger partial charge < -0.3 is 16.6 Å². The van der Waals surface area contributed by atoms with Gasteiger partial charge in [0.05, 0.1) is 6.10 Å². The first-order valence-corrected chi connectivity index (χ1v) is 4.27. The standard InChI is InChI=1S/C8H20N2O/c1-3-6(2)8(11)7(10)4-5-9/h6-8,11H,3-5,9-10H2,1-2H3. The van der Waals surface area contributed by atoms with Crippen molar-refractivity contribution in [3.8, 4) is 0 Å². The summed E-state index contributed by atoms with van der Waals surface area (Å²) < 4.78 is 0. The lowest BCUT2D eigenvalue weighted by Crippen LogP contribution is -2.40. The second-order valence-corrected chi connectivity index (χ2v) is 3.12. The van der Waals surface area contributed by atoms with Gasteiger partial charge in [0.2, 0.25) is 0 Å². The SMILES string of the molecule is CCC(C)C(O)C(N)CCN. The van der Waals surface area contributed by atoms with Crippen LogP contribution in [0.5, 0.6) is 0 Å². The summed E-state index contributed by atoms with van der Waals surface area (Å²) in [5.41, 5.74) is 11.0. The molecular weight excluding hydrogens is 140 g/mol. The predicted octanol–water partition coefficient (Wildman–Crippen LogP) is 0.0695. The van der Waals surface area contributed by atoms with Gasteiger partial charge in [-0.2, -0.15) is 0 Å². The van der Waals surface area contributed by atoms with Gasteiger partial charge in [0, 0.05) is 6.04 Å². The van der Waals surface area contributed by atoms with Crippen molar-refractivity contribution in [3.63, 3.8) is 0 Å². The molecular formula is C8H20N2O. The second kappa shape index (κ2) is 5.52. The molecule has 11 heavy (non-hydrogen) atoms. The largest absolute Gasteiger partial charge is 0.391 e. The first-order chi connectivity index (χ1) is 5.13. The summed E-state index contributed by atoms with van der Waals surface area (Å²) in [4.78, 5) is 0. The number of hydrogen-bond donors (Lipinski definition) is 3. The van der Waals surface area contributed by atoms with Crippen LogP contribution in [-0.2, 0) is 0 Å². The molecule has 3 unspecified atom stereocenters. The van der Waals surface area contributed by atoms with E-state index in [1.807, 2.05) is 13.8 Å². The van der Waals surface area contributed by atoms with Crippen LogP contribution in [0.2, 0.25) is 0 Å². The van der Waals surface area contributed by atoms with E-state index in [4.69, 9.17) is 11.5 Å². The molecule has 0 amide bonds. The molecule has 0 aliphatic heterocycles. The number of aliphatic hydroxyl groups excluding tert-OH is 1. The Morgan fingerprint density at radius 2 is 2.00 bits per heavy atom. The molecule has 0 heterocycles. The summed E-state index contributed by atoms with van der Waals surface area (Å²) in [6.45, 7) is 4.60. The zero-order chi connectivity index (χ0) is 8.85. The van der Waals surface area contributed by atoms with Crippen molar-refractivity contribution in [2.45, 2.75) is 38.8 Å². The topological polar surface area (TPSA) is 72.3 Å². The minimum Gasteiger partial charge on any atom is -0.391 e. The van der Waals surface area contributed by atoms with Gasteiger partial charge in [-0.1, -0.05) is 20.3 Å². The molecule has 3 heteroatoms. The molecule has 0 spiro atoms. The highest BCUT2D eigenvalue weighted by atomic mass is 16.3. The Morgan fingerprint density at radius 3 is 2.36 bits per heavy atom. The Bertz CT molecular complexity index is 98.1. The third kappa shape index (κ3) is 3.70. The Hall–Kier alpha value is -0.120. The number of rotatable bonds is 5. The highest BCUT2D eigenvalue weighted by molar-refractivity contribution is 4.75. The molecule has 0 rings (SSSR count). The van der Waals surface area contributed by atoms with Gasteiger partial charge in [0.1, 0.15) is 0 Å². The van der Waals surface area contributed by atoms with Crippen LogP contribution in [0.1, 0.15) is 26.7 Å². The summed E-state index contributed by atoms with van der Waals surface area (Å²) in [6.07, 6.45) is 1.26. The molecule has 3 atom stereocenters. The maximum Gasteiger partial charge on any atom is 0.0716 e. The number of aliphatic hydroxyl groups is 1. The Kier molecular flexibility index (Phi) is 5.46. The quantitative estimate of drug-likeness (QED) is 0.533. The zero-order valence-electron chi connectivity index (χ0n) is 7.46. The van der Waals surface area contributed by atoms with Crippen molar-refractivity contribution in [3.05, 3.63) is 0 Å². The smallest absolute Gasteiger partial charge is 0.0716 e. The van der Waals surface area contributed by atoms with E-state index in [1.54, 1.807) is 0 Å². The van der Waals surface area contributed by atoms with Gasteiger partial charge in [-0.3, -0.25) is 0 Å². The fourth-order valence-electron chi connectivity index (χ4n) is 1.03. The molecule has 68 valence electrons. The van der Waals surface area contributed by atoms with E-state index >= 15 is 0 Å². The molecule has 3 nitrogen and oxygen atoms in total. The van der Waals surface area contributed by atoms with Crippen LogP contribution in [0.3, 0.4) is 0 Å². The molecule has 0 bridgehead atoms. The zero-order valence-corrected chi connectivity index (χ0v) is 7.46. The monoisotopic (exact) mass is 160 g/mol. The molecule has 0 aliphatic rings. The van der Waals surface area contributed by atoms with Gasteiger partial charge in [-0.25, -0.2) is 0 Å². The van der Waals surface area contributed by atoms with Crippen LogP contribution in [0.25, 0.3) is 0 Å². The van der Waals surface area contributed by atoms with E-state index in [-0.39, 0.29) is 12.0 Å². The normalized spacial score (nSPS) is 19.4. The van der Waals surface area contributed by atoms with Crippen molar-refractivity contribution >= 4 is 0 Å². The lowest BCUT2D eigenvalue weighted by atomic mass is 9.94. The summed E-state index contributed by atoms with van der Waals surface area (Å²) in [6, 6.07) is -0.157. The van der Waals surface area contributed by atoms with Gasteiger partial charge in [0.15, 0.2) is 0 Å². The minimum atomic E-state index is -0.399. The van der Waals surface area contributed by atoms with E-state index in [0.717, 1.165) is 6.42 Å². The number of hydrogen-bond acceptors (Lipinski definition) is 3. The minimum absolute atomic E-state index is 0.157. The summed E-state index contributed by atoms with van der Waals surface area (Å²) >= 11 is 0. The lowest BCUT2D eigenvalue weighted by Gasteiger charge is -2.23. The van der Waals surface area contributed by atoms with Crippen LogP contribution in [0.4, 0.5) is 0 Å². The first-order valence-electron chi connectivity index (χ1n) is 4.27. The van der Waals surface area contributed by atoms with Crippen LogP contribution < -0.4 is 11.5 Å². The maximum absolute atomic E-state index is 9.54. The molecule has 0 saturated heterocycles. The van der Waals surface area contributed by atoms with E-state index in [0.29, 0.717) is 13.0 Å². The summed E-state index contributed by atoms with van der Waals surface area (Å²) in [7, 11) is 0. The molecule has 5 N–H and O–H groups in total. The average molecular weight is 160 g/mol. The predicted molar refractivity (Wildman–Crippen MR) is 47.1 cm³/mol. The molecule has 0 aromatic carbocycles. The van der Waals surface area contributed by atoms with Gasteiger partial charge >= 0.3 is 0 Å². The molecule has 0 aromatic rings. The van der Waals surface area contributed by atoms with Crippen molar-refractivity contribution in [2.75, 3.05) is 6.54 Å². The van der Waals surface area contributed by atoms with Crippen LogP contribution >= 0.6 is 0 Å². The Balaban J connectivity index is 3.70. The highest BCUT2D eigenvalue weighted by Gasteiger charge is 2.18. The molecule has 0 saturated carbocycles. The van der Waals surface area contributed by atoms with Gasteiger partial charge in [-0.15, -0.1) is 0 Å². The summed E-state index contributed by atoms with van der Waals surface area (Å²) in [5.74, 6) is 0.275. The van der Waals surface area contributed by atoms with Crippen molar-refractivity contribution < 1.29 is 5.11 Å². The second-order valence-electron chi connectivity index (χ2n) is 3.12. The molecule has 0 fully saturated rings. The Morgan fingerprint density at radius 1 is 1.45 bits per heavy atom. The molecule has 0 aliphatic carbocycles. The van der Waals surface area contributed by atoms with E-state index < -0.39 is 6.10 Å². The van der Waals surface area contributed by atoms with E-state index in [9.17, 15) is 5.11 Å². The average Bonchev–Trinajstić information content (AvgIpc) is 2.02. The molecule has 0 aromatic heterocycles. The van der Waals surface area contributed by atoms with E-state index in [2.05, 4.69) is 0 Å².